The standard InChI is InChI=1S/C19H20ClNO4/c1-19(18(23)24,25-16-10-8-15(20)9-11-16)12-5-13-21-17(22)14-6-3-2-4-7-14/h2-4,6-11H,5,12-13H2,1H3,(H,21,22)(H,23,24). The van der Waals surface area contributed by atoms with Crippen LogP contribution < -0.4 is 10.1 Å². The van der Waals surface area contributed by atoms with Crippen molar-refractivity contribution in [2.75, 3.05) is 6.54 Å². The Morgan fingerprint density at radius 2 is 1.76 bits per heavy atom. The Morgan fingerprint density at radius 1 is 1.12 bits per heavy atom. The molecule has 132 valence electrons. The highest BCUT2D eigenvalue weighted by Gasteiger charge is 2.35. The van der Waals surface area contributed by atoms with Crippen molar-refractivity contribution in [3.63, 3.8) is 0 Å². The highest BCUT2D eigenvalue weighted by molar-refractivity contribution is 6.30. The van der Waals surface area contributed by atoms with Crippen molar-refractivity contribution < 1.29 is 19.4 Å². The summed E-state index contributed by atoms with van der Waals surface area (Å²) >= 11 is 5.82. The molecule has 1 amide bonds. The lowest BCUT2D eigenvalue weighted by Gasteiger charge is -2.26. The molecule has 0 heterocycles. The lowest BCUT2D eigenvalue weighted by Crippen LogP contribution is -2.42. The Kier molecular flexibility index (Phi) is 6.42. The predicted octanol–water partition coefficient (Wildman–Crippen LogP) is 3.77. The Bertz CT molecular complexity index is 718. The van der Waals surface area contributed by atoms with Crippen LogP contribution in [0.1, 0.15) is 30.1 Å². The second kappa shape index (κ2) is 8.53. The summed E-state index contributed by atoms with van der Waals surface area (Å²) < 4.78 is 5.64. The van der Waals surface area contributed by atoms with E-state index in [1.165, 1.54) is 6.92 Å². The second-order valence-corrected chi connectivity index (χ2v) is 6.25. The first kappa shape index (κ1) is 18.8. The summed E-state index contributed by atoms with van der Waals surface area (Å²) in [5.74, 6) is -0.810. The minimum atomic E-state index is -1.38. The summed E-state index contributed by atoms with van der Waals surface area (Å²) in [7, 11) is 0. The maximum atomic E-state index is 12.0. The van der Waals surface area contributed by atoms with Crippen LogP contribution in [0, 0.1) is 0 Å². The SMILES string of the molecule is CC(CCCNC(=O)c1ccccc1)(Oc1ccc(Cl)cc1)C(=O)O. The molecule has 0 aliphatic rings. The van der Waals surface area contributed by atoms with Crippen molar-refractivity contribution in [3.05, 3.63) is 65.2 Å². The van der Waals surface area contributed by atoms with Gasteiger partial charge in [0.25, 0.3) is 5.91 Å². The van der Waals surface area contributed by atoms with Gasteiger partial charge in [0.05, 0.1) is 0 Å². The zero-order valence-electron chi connectivity index (χ0n) is 13.9. The lowest BCUT2D eigenvalue weighted by molar-refractivity contribution is -0.154. The molecule has 0 aliphatic carbocycles. The number of carbonyl (C=O) groups is 2. The largest absolute Gasteiger partial charge is 0.478 e. The number of carbonyl (C=O) groups excluding carboxylic acids is 1. The van der Waals surface area contributed by atoms with Gasteiger partial charge in [-0.3, -0.25) is 4.79 Å². The molecule has 1 unspecified atom stereocenters. The molecule has 2 N–H and O–H groups in total. The first-order chi connectivity index (χ1) is 11.9. The molecule has 25 heavy (non-hydrogen) atoms. The topological polar surface area (TPSA) is 75.6 Å². The Balaban J connectivity index is 1.87. The molecular formula is C19H20ClNO4. The van der Waals surface area contributed by atoms with Crippen LogP contribution in [0.15, 0.2) is 54.6 Å². The number of nitrogens with one attached hydrogen (secondary N) is 1. The summed E-state index contributed by atoms with van der Waals surface area (Å²) in [6, 6.07) is 15.4. The third kappa shape index (κ3) is 5.50. The molecule has 2 aromatic carbocycles. The van der Waals surface area contributed by atoms with E-state index >= 15 is 0 Å². The van der Waals surface area contributed by atoms with Gasteiger partial charge in [-0.1, -0.05) is 29.8 Å². The molecule has 0 saturated heterocycles. The maximum absolute atomic E-state index is 12.0. The number of rotatable bonds is 8. The van der Waals surface area contributed by atoms with Crippen molar-refractivity contribution in [1.82, 2.24) is 5.32 Å². The molecular weight excluding hydrogens is 342 g/mol. The van der Waals surface area contributed by atoms with Crippen LogP contribution in [0.5, 0.6) is 5.75 Å². The molecule has 0 radical (unpaired) electrons. The second-order valence-electron chi connectivity index (χ2n) is 5.82. The normalized spacial score (nSPS) is 12.9. The smallest absolute Gasteiger partial charge is 0.347 e. The lowest BCUT2D eigenvalue weighted by atomic mass is 10.00. The van der Waals surface area contributed by atoms with E-state index in [0.717, 1.165) is 0 Å². The van der Waals surface area contributed by atoms with E-state index < -0.39 is 11.6 Å². The third-order valence-corrected chi connectivity index (χ3v) is 4.01. The van der Waals surface area contributed by atoms with Gasteiger partial charge in [0, 0.05) is 17.1 Å². The van der Waals surface area contributed by atoms with Crippen molar-refractivity contribution in [1.29, 1.82) is 0 Å². The zero-order chi connectivity index (χ0) is 18.3. The molecule has 0 fully saturated rings. The van der Waals surface area contributed by atoms with Gasteiger partial charge in [0.1, 0.15) is 5.75 Å². The third-order valence-electron chi connectivity index (χ3n) is 3.76. The summed E-state index contributed by atoms with van der Waals surface area (Å²) in [6.07, 6.45) is 0.717. The fourth-order valence-corrected chi connectivity index (χ4v) is 2.41. The number of hydrogen-bond donors (Lipinski definition) is 2. The molecule has 0 aromatic heterocycles. The summed E-state index contributed by atoms with van der Waals surface area (Å²) in [6.45, 7) is 1.88. The Hall–Kier alpha value is -2.53. The van der Waals surface area contributed by atoms with Crippen LogP contribution in [0.2, 0.25) is 5.02 Å². The molecule has 0 spiro atoms. The number of benzene rings is 2. The van der Waals surface area contributed by atoms with E-state index in [-0.39, 0.29) is 12.3 Å². The summed E-state index contributed by atoms with van der Waals surface area (Å²) in [5.41, 5.74) is -0.813. The fourth-order valence-electron chi connectivity index (χ4n) is 2.28. The number of carboxylic acids is 1. The van der Waals surface area contributed by atoms with Gasteiger partial charge in [0.2, 0.25) is 5.60 Å². The zero-order valence-corrected chi connectivity index (χ0v) is 14.6. The monoisotopic (exact) mass is 361 g/mol. The van der Waals surface area contributed by atoms with Crippen LogP contribution in [-0.4, -0.2) is 29.1 Å². The number of hydrogen-bond acceptors (Lipinski definition) is 3. The fraction of sp³-hybridized carbons (Fsp3) is 0.263. The average Bonchev–Trinajstić information content (AvgIpc) is 2.61. The minimum absolute atomic E-state index is 0.184. The number of halogens is 1. The van der Waals surface area contributed by atoms with Gasteiger partial charge in [-0.25, -0.2) is 4.79 Å². The maximum Gasteiger partial charge on any atom is 0.347 e. The molecule has 2 rings (SSSR count). The Morgan fingerprint density at radius 3 is 2.36 bits per heavy atom. The molecule has 6 heteroatoms. The van der Waals surface area contributed by atoms with E-state index in [4.69, 9.17) is 16.3 Å². The number of aliphatic carboxylic acids is 1. The summed E-state index contributed by atoms with van der Waals surface area (Å²) in [4.78, 5) is 23.6. The first-order valence-corrected chi connectivity index (χ1v) is 8.30. The number of ether oxygens (including phenoxy) is 1. The van der Waals surface area contributed by atoms with Gasteiger partial charge >= 0.3 is 5.97 Å². The Labute approximate surface area is 151 Å². The van der Waals surface area contributed by atoms with Crippen molar-refractivity contribution >= 4 is 23.5 Å². The molecule has 0 bridgehead atoms. The van der Waals surface area contributed by atoms with Crippen LogP contribution in [0.3, 0.4) is 0 Å². The quantitative estimate of drug-likeness (QED) is 0.702. The molecule has 5 nitrogen and oxygen atoms in total. The van der Waals surface area contributed by atoms with Gasteiger partial charge < -0.3 is 15.2 Å². The average molecular weight is 362 g/mol. The molecule has 0 aliphatic heterocycles. The van der Waals surface area contributed by atoms with Gasteiger partial charge in [0.15, 0.2) is 0 Å². The predicted molar refractivity (Wildman–Crippen MR) is 96.1 cm³/mol. The molecule has 0 saturated carbocycles. The van der Waals surface area contributed by atoms with Crippen LogP contribution in [-0.2, 0) is 4.79 Å². The number of amides is 1. The van der Waals surface area contributed by atoms with Gasteiger partial charge in [-0.05, 0) is 56.2 Å². The van der Waals surface area contributed by atoms with Crippen molar-refractivity contribution in [2.45, 2.75) is 25.4 Å². The molecule has 2 aromatic rings. The number of carboxylic acid groups (broad SMARTS) is 1. The van der Waals surface area contributed by atoms with Gasteiger partial charge in [-0.15, -0.1) is 0 Å². The first-order valence-electron chi connectivity index (χ1n) is 7.92. The van der Waals surface area contributed by atoms with Crippen LogP contribution in [0.4, 0.5) is 0 Å². The highest BCUT2D eigenvalue weighted by atomic mass is 35.5. The van der Waals surface area contributed by atoms with E-state index in [2.05, 4.69) is 5.32 Å². The summed E-state index contributed by atoms with van der Waals surface area (Å²) in [5, 5.41) is 12.8. The van der Waals surface area contributed by atoms with Gasteiger partial charge in [-0.2, -0.15) is 0 Å². The van der Waals surface area contributed by atoms with Crippen LogP contribution >= 0.6 is 11.6 Å². The van der Waals surface area contributed by atoms with E-state index in [1.807, 2.05) is 6.07 Å². The van der Waals surface area contributed by atoms with Crippen molar-refractivity contribution in [3.8, 4) is 5.75 Å². The van der Waals surface area contributed by atoms with Crippen molar-refractivity contribution in [2.24, 2.45) is 0 Å². The van der Waals surface area contributed by atoms with E-state index in [0.29, 0.717) is 29.3 Å². The van der Waals surface area contributed by atoms with Crippen LogP contribution in [0.25, 0.3) is 0 Å². The van der Waals surface area contributed by atoms with E-state index in [9.17, 15) is 14.7 Å². The minimum Gasteiger partial charge on any atom is -0.478 e. The molecule has 1 atom stereocenters. The highest BCUT2D eigenvalue weighted by Crippen LogP contribution is 2.24. The van der Waals surface area contributed by atoms with E-state index in [1.54, 1.807) is 48.5 Å².